The highest BCUT2D eigenvalue weighted by molar-refractivity contribution is 5.43. The van der Waals surface area contributed by atoms with Crippen LogP contribution in [0.15, 0.2) is 18.3 Å². The molecule has 0 saturated heterocycles. The molecular weight excluding hydrogens is 212 g/mol. The lowest BCUT2D eigenvalue weighted by molar-refractivity contribution is 0.0236. The molecule has 0 spiro atoms. The van der Waals surface area contributed by atoms with E-state index in [2.05, 4.69) is 44.1 Å². The van der Waals surface area contributed by atoms with Gasteiger partial charge in [0.2, 0.25) is 0 Å². The monoisotopic (exact) mass is 236 g/mol. The van der Waals surface area contributed by atoms with Crippen LogP contribution in [0.2, 0.25) is 0 Å². The predicted molar refractivity (Wildman–Crippen MR) is 72.1 cm³/mol. The quantitative estimate of drug-likeness (QED) is 0.787. The van der Waals surface area contributed by atoms with Gasteiger partial charge in [0.25, 0.3) is 0 Å². The molecule has 1 aromatic heterocycles. The summed E-state index contributed by atoms with van der Waals surface area (Å²) in [6, 6.07) is 4.02. The highest BCUT2D eigenvalue weighted by atomic mass is 16.5. The summed E-state index contributed by atoms with van der Waals surface area (Å²) in [4.78, 5) is 4.35. The van der Waals surface area contributed by atoms with Crippen LogP contribution in [-0.2, 0) is 11.3 Å². The van der Waals surface area contributed by atoms with Crippen molar-refractivity contribution in [3.05, 3.63) is 23.9 Å². The molecule has 1 N–H and O–H groups in total. The molecule has 96 valence electrons. The predicted octanol–water partition coefficient (Wildman–Crippen LogP) is 3.46. The van der Waals surface area contributed by atoms with E-state index < -0.39 is 0 Å². The Labute approximate surface area is 105 Å². The first-order valence-electron chi connectivity index (χ1n) is 6.44. The van der Waals surface area contributed by atoms with Gasteiger partial charge in [-0.25, -0.2) is 4.98 Å². The molecule has 0 aliphatic heterocycles. The summed E-state index contributed by atoms with van der Waals surface area (Å²) in [6.45, 7) is 10.2. The Morgan fingerprint density at radius 3 is 2.76 bits per heavy atom. The zero-order valence-corrected chi connectivity index (χ0v) is 11.4. The Bertz CT molecular complexity index is 326. The van der Waals surface area contributed by atoms with E-state index in [0.29, 0.717) is 12.5 Å². The molecule has 1 heterocycles. The van der Waals surface area contributed by atoms with Crippen LogP contribution in [0.25, 0.3) is 0 Å². The van der Waals surface area contributed by atoms with Crippen molar-refractivity contribution in [3.63, 3.8) is 0 Å². The van der Waals surface area contributed by atoms with E-state index in [1.54, 1.807) is 0 Å². The highest BCUT2D eigenvalue weighted by Gasteiger charge is 2.09. The summed E-state index contributed by atoms with van der Waals surface area (Å²) in [5, 5.41) is 3.32. The lowest BCUT2D eigenvalue weighted by atomic mass is 10.1. The van der Waals surface area contributed by atoms with Crippen LogP contribution in [0.1, 0.15) is 39.7 Å². The first-order valence-corrected chi connectivity index (χ1v) is 6.44. The standard InChI is InChI=1S/C14H24N2O/c1-5-8-15-14-13(7-6-9-16-14)10-17-12(4)11(2)3/h6-7,9,11-12H,5,8,10H2,1-4H3,(H,15,16). The van der Waals surface area contributed by atoms with Gasteiger partial charge in [-0.2, -0.15) is 0 Å². The summed E-state index contributed by atoms with van der Waals surface area (Å²) in [5.74, 6) is 1.49. The minimum Gasteiger partial charge on any atom is -0.373 e. The van der Waals surface area contributed by atoms with Crippen molar-refractivity contribution < 1.29 is 4.74 Å². The summed E-state index contributed by atoms with van der Waals surface area (Å²) < 4.78 is 5.83. The number of rotatable bonds is 7. The van der Waals surface area contributed by atoms with Crippen LogP contribution in [0.4, 0.5) is 5.82 Å². The molecule has 0 saturated carbocycles. The van der Waals surface area contributed by atoms with Gasteiger partial charge >= 0.3 is 0 Å². The van der Waals surface area contributed by atoms with Gasteiger partial charge in [0.05, 0.1) is 12.7 Å². The third-order valence-corrected chi connectivity index (χ3v) is 2.87. The molecule has 0 amide bonds. The van der Waals surface area contributed by atoms with Crippen molar-refractivity contribution in [1.29, 1.82) is 0 Å². The smallest absolute Gasteiger partial charge is 0.131 e. The zero-order valence-electron chi connectivity index (χ0n) is 11.4. The van der Waals surface area contributed by atoms with E-state index in [1.807, 2.05) is 12.3 Å². The van der Waals surface area contributed by atoms with Crippen molar-refractivity contribution in [1.82, 2.24) is 4.98 Å². The van der Waals surface area contributed by atoms with Crippen molar-refractivity contribution in [2.75, 3.05) is 11.9 Å². The number of anilines is 1. The van der Waals surface area contributed by atoms with Crippen LogP contribution < -0.4 is 5.32 Å². The number of nitrogens with one attached hydrogen (secondary N) is 1. The maximum absolute atomic E-state index is 5.83. The zero-order chi connectivity index (χ0) is 12.7. The van der Waals surface area contributed by atoms with Crippen LogP contribution in [0.3, 0.4) is 0 Å². The molecule has 1 atom stereocenters. The Morgan fingerprint density at radius 1 is 1.35 bits per heavy atom. The van der Waals surface area contributed by atoms with E-state index in [4.69, 9.17) is 4.74 Å². The molecule has 1 aromatic rings. The highest BCUT2D eigenvalue weighted by Crippen LogP contribution is 2.15. The number of hydrogen-bond acceptors (Lipinski definition) is 3. The van der Waals surface area contributed by atoms with Gasteiger partial charge in [-0.1, -0.05) is 26.8 Å². The fraction of sp³-hybridized carbons (Fsp3) is 0.643. The number of ether oxygens (including phenoxy) is 1. The largest absolute Gasteiger partial charge is 0.373 e. The normalized spacial score (nSPS) is 12.8. The fourth-order valence-electron chi connectivity index (χ4n) is 1.37. The van der Waals surface area contributed by atoms with Crippen LogP contribution in [0.5, 0.6) is 0 Å². The van der Waals surface area contributed by atoms with Gasteiger partial charge in [-0.05, 0) is 25.3 Å². The van der Waals surface area contributed by atoms with Gasteiger partial charge in [0.15, 0.2) is 0 Å². The lowest BCUT2D eigenvalue weighted by Gasteiger charge is -2.17. The minimum atomic E-state index is 0.272. The fourth-order valence-corrected chi connectivity index (χ4v) is 1.37. The van der Waals surface area contributed by atoms with E-state index in [1.165, 1.54) is 0 Å². The summed E-state index contributed by atoms with van der Waals surface area (Å²) in [7, 11) is 0. The Hall–Kier alpha value is -1.09. The van der Waals surface area contributed by atoms with E-state index >= 15 is 0 Å². The third-order valence-electron chi connectivity index (χ3n) is 2.87. The summed E-state index contributed by atoms with van der Waals surface area (Å²) >= 11 is 0. The van der Waals surface area contributed by atoms with Crippen LogP contribution in [0, 0.1) is 5.92 Å². The lowest BCUT2D eigenvalue weighted by Crippen LogP contribution is -2.16. The molecule has 1 unspecified atom stereocenters. The molecule has 0 fully saturated rings. The Balaban J connectivity index is 2.57. The Morgan fingerprint density at radius 2 is 2.12 bits per heavy atom. The minimum absolute atomic E-state index is 0.272. The number of hydrogen-bond donors (Lipinski definition) is 1. The number of nitrogens with zero attached hydrogens (tertiary/aromatic N) is 1. The average molecular weight is 236 g/mol. The molecule has 0 radical (unpaired) electrons. The molecule has 1 rings (SSSR count). The summed E-state index contributed by atoms with van der Waals surface area (Å²) in [6.07, 6.45) is 3.18. The number of pyridine rings is 1. The second kappa shape index (κ2) is 7.28. The van der Waals surface area contributed by atoms with Crippen LogP contribution >= 0.6 is 0 Å². The van der Waals surface area contributed by atoms with Gasteiger partial charge in [0, 0.05) is 18.3 Å². The van der Waals surface area contributed by atoms with Crippen molar-refractivity contribution in [3.8, 4) is 0 Å². The van der Waals surface area contributed by atoms with Gasteiger partial charge in [0.1, 0.15) is 5.82 Å². The molecule has 0 aromatic carbocycles. The maximum atomic E-state index is 5.83. The first-order chi connectivity index (χ1) is 8.15. The first kappa shape index (κ1) is 14.0. The average Bonchev–Trinajstić information content (AvgIpc) is 2.34. The van der Waals surface area contributed by atoms with Gasteiger partial charge in [-0.3, -0.25) is 0 Å². The van der Waals surface area contributed by atoms with E-state index in [-0.39, 0.29) is 6.10 Å². The maximum Gasteiger partial charge on any atom is 0.131 e. The molecule has 0 aliphatic rings. The third kappa shape index (κ3) is 4.73. The van der Waals surface area contributed by atoms with Crippen molar-refractivity contribution >= 4 is 5.82 Å². The number of aromatic nitrogens is 1. The van der Waals surface area contributed by atoms with Crippen LogP contribution in [-0.4, -0.2) is 17.6 Å². The molecule has 17 heavy (non-hydrogen) atoms. The molecule has 3 heteroatoms. The Kier molecular flexibility index (Phi) is 5.98. The molecule has 0 aliphatic carbocycles. The van der Waals surface area contributed by atoms with Crippen molar-refractivity contribution in [2.45, 2.75) is 46.8 Å². The second-order valence-electron chi connectivity index (χ2n) is 4.70. The van der Waals surface area contributed by atoms with Gasteiger partial charge < -0.3 is 10.1 Å². The van der Waals surface area contributed by atoms with Gasteiger partial charge in [-0.15, -0.1) is 0 Å². The van der Waals surface area contributed by atoms with E-state index in [0.717, 1.165) is 24.3 Å². The topological polar surface area (TPSA) is 34.2 Å². The molecule has 3 nitrogen and oxygen atoms in total. The summed E-state index contributed by atoms with van der Waals surface area (Å²) in [5.41, 5.74) is 1.13. The van der Waals surface area contributed by atoms with E-state index in [9.17, 15) is 0 Å². The molecular formula is C14H24N2O. The SMILES string of the molecule is CCCNc1ncccc1COC(C)C(C)C. The van der Waals surface area contributed by atoms with Crippen molar-refractivity contribution in [2.24, 2.45) is 5.92 Å². The molecule has 0 bridgehead atoms. The second-order valence-corrected chi connectivity index (χ2v) is 4.70.